The van der Waals surface area contributed by atoms with Crippen LogP contribution in [0.3, 0.4) is 0 Å². The predicted molar refractivity (Wildman–Crippen MR) is 272 cm³/mol. The van der Waals surface area contributed by atoms with E-state index in [1.807, 2.05) is 27.2 Å². The van der Waals surface area contributed by atoms with E-state index in [0.717, 1.165) is 70.6 Å². The molecule has 0 heterocycles. The number of likely N-dealkylation sites (N-methyl/N-ethyl adjacent to an activating group) is 1. The number of carbonyl (C=O) groups is 1. The van der Waals surface area contributed by atoms with Gasteiger partial charge in [-0.3, -0.25) is 13.8 Å². The lowest BCUT2D eigenvalue weighted by Gasteiger charge is -2.25. The molecule has 3 unspecified atom stereocenters. The van der Waals surface area contributed by atoms with E-state index in [1.165, 1.54) is 122 Å². The van der Waals surface area contributed by atoms with Gasteiger partial charge in [0.2, 0.25) is 5.91 Å². The van der Waals surface area contributed by atoms with Crippen LogP contribution in [-0.2, 0) is 18.4 Å². The van der Waals surface area contributed by atoms with Crippen LogP contribution >= 0.6 is 7.82 Å². The molecule has 0 aliphatic heterocycles. The van der Waals surface area contributed by atoms with Crippen LogP contribution in [0.1, 0.15) is 213 Å². The van der Waals surface area contributed by atoms with Gasteiger partial charge in [0.05, 0.1) is 39.9 Å². The molecule has 0 spiro atoms. The Balaban J connectivity index is 3.72. The largest absolute Gasteiger partial charge is 0.472 e. The van der Waals surface area contributed by atoms with Crippen molar-refractivity contribution in [3.8, 4) is 0 Å². The summed E-state index contributed by atoms with van der Waals surface area (Å²) in [6, 6.07) is -0.842. The monoisotopic (exact) mass is 904 g/mol. The fraction of sp³-hybridized carbons (Fsp3) is 0.759. The number of hydrogen-bond acceptors (Lipinski definition) is 5. The Bertz CT molecular complexity index is 1250. The van der Waals surface area contributed by atoms with Crippen LogP contribution in [0.4, 0.5) is 0 Å². The molecular weight excluding hydrogens is 804 g/mol. The van der Waals surface area contributed by atoms with E-state index in [2.05, 4.69) is 79.9 Å². The molecule has 63 heavy (non-hydrogen) atoms. The highest BCUT2D eigenvalue weighted by atomic mass is 31.2. The maximum Gasteiger partial charge on any atom is 0.472 e. The van der Waals surface area contributed by atoms with Crippen LogP contribution in [0.15, 0.2) is 72.9 Å². The minimum absolute atomic E-state index is 0.0595. The fourth-order valence-electron chi connectivity index (χ4n) is 7.11. The molecule has 366 valence electrons. The molecule has 0 rings (SSSR count). The maximum absolute atomic E-state index is 12.8. The van der Waals surface area contributed by atoms with Gasteiger partial charge in [0, 0.05) is 6.42 Å². The van der Waals surface area contributed by atoms with E-state index < -0.39 is 20.0 Å². The summed E-state index contributed by atoms with van der Waals surface area (Å²) in [6.07, 6.45) is 62.3. The highest BCUT2D eigenvalue weighted by molar-refractivity contribution is 7.47. The smallest absolute Gasteiger partial charge is 0.387 e. The first-order chi connectivity index (χ1) is 30.5. The summed E-state index contributed by atoms with van der Waals surface area (Å²) in [4.78, 5) is 22.9. The van der Waals surface area contributed by atoms with Crippen molar-refractivity contribution in [2.24, 2.45) is 0 Å². The molecule has 0 radical (unpaired) electrons. The van der Waals surface area contributed by atoms with Crippen molar-refractivity contribution in [1.29, 1.82) is 0 Å². The Hall–Kier alpha value is -2.06. The van der Waals surface area contributed by atoms with Crippen molar-refractivity contribution >= 4 is 13.7 Å². The molecule has 0 bridgehead atoms. The summed E-state index contributed by atoms with van der Waals surface area (Å²) in [5.74, 6) is -0.186. The van der Waals surface area contributed by atoms with Crippen LogP contribution in [0.25, 0.3) is 0 Å². The number of aliphatic hydroxyl groups excluding tert-OH is 1. The standard InChI is InChI=1S/C54H99N2O6P/c1-6-8-10-12-13-14-15-16-17-18-19-20-21-22-23-24-25-26-27-28-29-30-31-32-33-34-35-36-37-38-39-40-41-42-43-44-46-48-54(58)55-52(53(57)47-45-11-9-7-2)51-62-63(59,60)61-50-49-56(3,4)5/h8,10,13-14,16-17,19-20,22-23,45,47,52-53,57H,6-7,9,11-12,15,18,21,24-44,46,48-51H2,1-5H3,(H-,55,58,59,60)/p+1/b10-8-,14-13-,17-16-,20-19-,23-22-,47-45+. The van der Waals surface area contributed by atoms with Gasteiger partial charge in [-0.25, -0.2) is 4.57 Å². The van der Waals surface area contributed by atoms with Crippen molar-refractivity contribution < 1.29 is 32.9 Å². The van der Waals surface area contributed by atoms with E-state index >= 15 is 0 Å². The molecule has 0 aliphatic rings. The second kappa shape index (κ2) is 45.1. The Kier molecular flexibility index (Phi) is 43.6. The van der Waals surface area contributed by atoms with Gasteiger partial charge in [0.1, 0.15) is 13.2 Å². The van der Waals surface area contributed by atoms with Crippen molar-refractivity contribution in [2.75, 3.05) is 40.9 Å². The lowest BCUT2D eigenvalue weighted by atomic mass is 10.0. The number of unbranched alkanes of at least 4 members (excludes halogenated alkanes) is 23. The molecule has 9 heteroatoms. The maximum atomic E-state index is 12.8. The van der Waals surface area contributed by atoms with Crippen LogP contribution < -0.4 is 5.32 Å². The summed E-state index contributed by atoms with van der Waals surface area (Å²) in [5, 5.41) is 13.6. The zero-order chi connectivity index (χ0) is 46.4. The number of nitrogens with one attached hydrogen (secondary N) is 1. The van der Waals surface area contributed by atoms with Gasteiger partial charge in [-0.15, -0.1) is 0 Å². The van der Waals surface area contributed by atoms with Gasteiger partial charge >= 0.3 is 7.82 Å². The normalized spacial score (nSPS) is 14.7. The Morgan fingerprint density at radius 2 is 0.952 bits per heavy atom. The molecule has 0 saturated carbocycles. The third-order valence-corrected chi connectivity index (χ3v) is 12.2. The summed E-state index contributed by atoms with van der Waals surface area (Å²) in [6.45, 7) is 4.54. The lowest BCUT2D eigenvalue weighted by molar-refractivity contribution is -0.870. The average Bonchev–Trinajstić information content (AvgIpc) is 3.24. The third-order valence-electron chi connectivity index (χ3n) is 11.2. The van der Waals surface area contributed by atoms with Gasteiger partial charge in [-0.05, 0) is 57.8 Å². The molecular formula is C54H100N2O6P+. The number of aliphatic hydroxyl groups is 1. The molecule has 0 fully saturated rings. The molecule has 3 N–H and O–H groups in total. The zero-order valence-corrected chi connectivity index (χ0v) is 42.4. The van der Waals surface area contributed by atoms with Gasteiger partial charge < -0.3 is 19.8 Å². The summed E-state index contributed by atoms with van der Waals surface area (Å²) >= 11 is 0. The molecule has 0 aromatic heterocycles. The van der Waals surface area contributed by atoms with Crippen molar-refractivity contribution in [2.45, 2.75) is 225 Å². The van der Waals surface area contributed by atoms with E-state index in [1.54, 1.807) is 6.08 Å². The molecule has 1 amide bonds. The average molecular weight is 904 g/mol. The first-order valence-electron chi connectivity index (χ1n) is 25.8. The summed E-state index contributed by atoms with van der Waals surface area (Å²) < 4.78 is 23.3. The van der Waals surface area contributed by atoms with E-state index in [9.17, 15) is 19.4 Å². The fourth-order valence-corrected chi connectivity index (χ4v) is 7.85. The number of allylic oxidation sites excluding steroid dienone is 11. The molecule has 0 aromatic carbocycles. The van der Waals surface area contributed by atoms with Crippen molar-refractivity contribution in [1.82, 2.24) is 5.32 Å². The van der Waals surface area contributed by atoms with Crippen molar-refractivity contribution in [3.05, 3.63) is 72.9 Å². The molecule has 0 saturated heterocycles. The Labute approximate surface area is 389 Å². The number of rotatable bonds is 46. The van der Waals surface area contributed by atoms with Crippen LogP contribution in [-0.4, -0.2) is 73.4 Å². The predicted octanol–water partition coefficient (Wildman–Crippen LogP) is 15.1. The summed E-state index contributed by atoms with van der Waals surface area (Å²) in [5.41, 5.74) is 0. The van der Waals surface area contributed by atoms with Crippen LogP contribution in [0.5, 0.6) is 0 Å². The lowest BCUT2D eigenvalue weighted by Crippen LogP contribution is -2.45. The minimum Gasteiger partial charge on any atom is -0.387 e. The van der Waals surface area contributed by atoms with E-state index in [-0.39, 0.29) is 19.1 Å². The molecule has 8 nitrogen and oxygen atoms in total. The Morgan fingerprint density at radius 3 is 1.38 bits per heavy atom. The minimum atomic E-state index is -4.32. The van der Waals surface area contributed by atoms with Gasteiger partial charge in [-0.2, -0.15) is 0 Å². The number of quaternary nitrogens is 1. The second-order valence-corrected chi connectivity index (χ2v) is 20.0. The van der Waals surface area contributed by atoms with Crippen LogP contribution in [0, 0.1) is 0 Å². The van der Waals surface area contributed by atoms with Gasteiger partial charge in [0.25, 0.3) is 0 Å². The highest BCUT2D eigenvalue weighted by Crippen LogP contribution is 2.43. The van der Waals surface area contributed by atoms with Gasteiger partial charge in [-0.1, -0.05) is 222 Å². The molecule has 0 aliphatic carbocycles. The third kappa shape index (κ3) is 47.7. The topological polar surface area (TPSA) is 105 Å². The first-order valence-corrected chi connectivity index (χ1v) is 27.3. The first kappa shape index (κ1) is 60.9. The number of phosphoric acid groups is 1. The number of hydrogen-bond donors (Lipinski definition) is 3. The molecule has 3 atom stereocenters. The number of carbonyl (C=O) groups excluding carboxylic acids is 1. The highest BCUT2D eigenvalue weighted by Gasteiger charge is 2.27. The van der Waals surface area contributed by atoms with Crippen LogP contribution in [0.2, 0.25) is 0 Å². The molecule has 0 aromatic rings. The second-order valence-electron chi connectivity index (χ2n) is 18.5. The van der Waals surface area contributed by atoms with E-state index in [4.69, 9.17) is 9.05 Å². The van der Waals surface area contributed by atoms with Gasteiger partial charge in [0.15, 0.2) is 0 Å². The zero-order valence-electron chi connectivity index (χ0n) is 41.5. The number of amides is 1. The summed E-state index contributed by atoms with van der Waals surface area (Å²) in [7, 11) is 1.56. The quantitative estimate of drug-likeness (QED) is 0.0243. The van der Waals surface area contributed by atoms with Crippen molar-refractivity contribution in [3.63, 3.8) is 0 Å². The number of phosphoric ester groups is 1. The Morgan fingerprint density at radius 1 is 0.556 bits per heavy atom. The van der Waals surface area contributed by atoms with E-state index in [0.29, 0.717) is 17.4 Å². The number of nitrogens with zero attached hydrogens (tertiary/aromatic N) is 1. The SMILES string of the molecule is CC/C=C\C/C=C\C/C=C\C/C=C\C/C=C\CCCCCCCCCCCCCCCCCCCCCCCC(=O)NC(COP(=O)(O)OCC[N+](C)(C)C)C(O)/C=C/CCCC.